The van der Waals surface area contributed by atoms with E-state index in [0.29, 0.717) is 5.92 Å². The standard InChI is InChI=1S/C17H24N2O/c1-2-4-17-16(3-1)13(8-10-20-17)11-19-9-7-14-5-6-15(12-19)18-14/h1-4,13-15,18H,5-12H2. The predicted molar refractivity (Wildman–Crippen MR) is 80.3 cm³/mol. The summed E-state index contributed by atoms with van der Waals surface area (Å²) >= 11 is 0. The Morgan fingerprint density at radius 3 is 3.00 bits per heavy atom. The summed E-state index contributed by atoms with van der Waals surface area (Å²) < 4.78 is 5.79. The Hall–Kier alpha value is -1.06. The van der Waals surface area contributed by atoms with Crippen LogP contribution in [-0.4, -0.2) is 43.2 Å². The molecule has 0 aliphatic carbocycles. The van der Waals surface area contributed by atoms with E-state index in [1.165, 1.54) is 44.5 Å². The van der Waals surface area contributed by atoms with Crippen molar-refractivity contribution in [2.75, 3.05) is 26.2 Å². The van der Waals surface area contributed by atoms with Crippen molar-refractivity contribution in [1.82, 2.24) is 10.2 Å². The molecule has 0 spiro atoms. The highest BCUT2D eigenvalue weighted by molar-refractivity contribution is 5.37. The van der Waals surface area contributed by atoms with E-state index in [9.17, 15) is 0 Å². The van der Waals surface area contributed by atoms with E-state index >= 15 is 0 Å². The molecule has 3 heterocycles. The Kier molecular flexibility index (Phi) is 3.41. The van der Waals surface area contributed by atoms with Crippen LogP contribution in [0.25, 0.3) is 0 Å². The summed E-state index contributed by atoms with van der Waals surface area (Å²) in [5.41, 5.74) is 1.42. The molecule has 3 nitrogen and oxygen atoms in total. The zero-order valence-electron chi connectivity index (χ0n) is 12.1. The summed E-state index contributed by atoms with van der Waals surface area (Å²) in [4.78, 5) is 2.68. The third-order valence-corrected chi connectivity index (χ3v) is 5.17. The molecule has 3 aliphatic heterocycles. The largest absolute Gasteiger partial charge is 0.493 e. The van der Waals surface area contributed by atoms with Crippen molar-refractivity contribution >= 4 is 0 Å². The fraction of sp³-hybridized carbons (Fsp3) is 0.647. The number of fused-ring (bicyclic) bond motifs is 3. The van der Waals surface area contributed by atoms with Gasteiger partial charge in [0.05, 0.1) is 6.61 Å². The zero-order valence-corrected chi connectivity index (χ0v) is 12.1. The van der Waals surface area contributed by atoms with Gasteiger partial charge in [-0.05, 0) is 43.9 Å². The first kappa shape index (κ1) is 12.7. The Bertz CT molecular complexity index is 476. The van der Waals surface area contributed by atoms with Gasteiger partial charge < -0.3 is 15.0 Å². The molecule has 3 heteroatoms. The van der Waals surface area contributed by atoms with E-state index < -0.39 is 0 Å². The highest BCUT2D eigenvalue weighted by atomic mass is 16.5. The second kappa shape index (κ2) is 5.38. The van der Waals surface area contributed by atoms with Crippen molar-refractivity contribution in [3.8, 4) is 5.75 Å². The number of hydrogen-bond donors (Lipinski definition) is 1. The lowest BCUT2D eigenvalue weighted by molar-refractivity contribution is 0.204. The summed E-state index contributed by atoms with van der Waals surface area (Å²) in [6.07, 6.45) is 5.24. The van der Waals surface area contributed by atoms with Gasteiger partial charge in [-0.3, -0.25) is 0 Å². The van der Waals surface area contributed by atoms with Crippen LogP contribution in [0.3, 0.4) is 0 Å². The fourth-order valence-electron chi connectivity index (χ4n) is 4.10. The van der Waals surface area contributed by atoms with Crippen LogP contribution in [0, 0.1) is 0 Å². The first-order chi connectivity index (χ1) is 9.88. The van der Waals surface area contributed by atoms with Crippen LogP contribution in [0.2, 0.25) is 0 Å². The number of nitrogens with one attached hydrogen (secondary N) is 1. The molecule has 2 saturated heterocycles. The number of rotatable bonds is 2. The maximum Gasteiger partial charge on any atom is 0.122 e. The average molecular weight is 272 g/mol. The summed E-state index contributed by atoms with van der Waals surface area (Å²) in [5, 5.41) is 3.77. The Balaban J connectivity index is 1.47. The molecule has 1 aromatic carbocycles. The number of hydrogen-bond acceptors (Lipinski definition) is 3. The van der Waals surface area contributed by atoms with Gasteiger partial charge in [0.15, 0.2) is 0 Å². The molecule has 4 rings (SSSR count). The van der Waals surface area contributed by atoms with Crippen LogP contribution in [0.4, 0.5) is 0 Å². The SMILES string of the molecule is c1ccc2c(c1)OCCC2CN1CCC2CCC(C1)N2. The van der Waals surface area contributed by atoms with E-state index in [0.717, 1.165) is 30.9 Å². The molecule has 20 heavy (non-hydrogen) atoms. The summed E-state index contributed by atoms with van der Waals surface area (Å²) in [6.45, 7) is 4.56. The van der Waals surface area contributed by atoms with Gasteiger partial charge in [0.2, 0.25) is 0 Å². The fourth-order valence-corrected chi connectivity index (χ4v) is 4.10. The summed E-state index contributed by atoms with van der Waals surface area (Å²) in [6, 6.07) is 10.1. The lowest BCUT2D eigenvalue weighted by Crippen LogP contribution is -2.38. The molecule has 0 amide bonds. The van der Waals surface area contributed by atoms with Crippen LogP contribution >= 0.6 is 0 Å². The first-order valence-electron chi connectivity index (χ1n) is 8.08. The van der Waals surface area contributed by atoms with E-state index in [2.05, 4.69) is 34.5 Å². The Morgan fingerprint density at radius 1 is 1.10 bits per heavy atom. The molecule has 2 fully saturated rings. The highest BCUT2D eigenvalue weighted by Crippen LogP contribution is 2.34. The van der Waals surface area contributed by atoms with Gasteiger partial charge >= 0.3 is 0 Å². The molecule has 0 radical (unpaired) electrons. The average Bonchev–Trinajstić information content (AvgIpc) is 2.82. The monoisotopic (exact) mass is 272 g/mol. The molecular weight excluding hydrogens is 248 g/mol. The Labute approximate surface area is 121 Å². The van der Waals surface area contributed by atoms with Crippen molar-refractivity contribution in [2.24, 2.45) is 0 Å². The van der Waals surface area contributed by atoms with Crippen LogP contribution in [0.1, 0.15) is 37.2 Å². The predicted octanol–water partition coefficient (Wildman–Crippen LogP) is 2.38. The lowest BCUT2D eigenvalue weighted by atomic mass is 9.92. The van der Waals surface area contributed by atoms with Gasteiger partial charge in [-0.2, -0.15) is 0 Å². The molecule has 3 unspecified atom stereocenters. The van der Waals surface area contributed by atoms with Crippen molar-refractivity contribution in [2.45, 2.75) is 43.7 Å². The smallest absolute Gasteiger partial charge is 0.122 e. The van der Waals surface area contributed by atoms with E-state index in [1.807, 2.05) is 0 Å². The third kappa shape index (κ3) is 2.45. The molecule has 1 aromatic rings. The van der Waals surface area contributed by atoms with E-state index in [4.69, 9.17) is 4.74 Å². The normalized spacial score (nSPS) is 33.3. The molecule has 1 N–H and O–H groups in total. The molecule has 2 bridgehead atoms. The second-order valence-electron chi connectivity index (χ2n) is 6.56. The second-order valence-corrected chi connectivity index (χ2v) is 6.56. The van der Waals surface area contributed by atoms with E-state index in [1.54, 1.807) is 0 Å². The van der Waals surface area contributed by atoms with Crippen molar-refractivity contribution in [3.63, 3.8) is 0 Å². The third-order valence-electron chi connectivity index (χ3n) is 5.17. The summed E-state index contributed by atoms with van der Waals surface area (Å²) in [7, 11) is 0. The minimum absolute atomic E-state index is 0.650. The van der Waals surface area contributed by atoms with Gasteiger partial charge in [0, 0.05) is 31.1 Å². The van der Waals surface area contributed by atoms with Crippen LogP contribution in [0.15, 0.2) is 24.3 Å². The molecular formula is C17H24N2O. The van der Waals surface area contributed by atoms with Gasteiger partial charge in [0.25, 0.3) is 0 Å². The number of benzene rings is 1. The van der Waals surface area contributed by atoms with Crippen LogP contribution in [0.5, 0.6) is 5.75 Å². The number of nitrogens with zero attached hydrogens (tertiary/aromatic N) is 1. The van der Waals surface area contributed by atoms with Crippen molar-refractivity contribution < 1.29 is 4.74 Å². The topological polar surface area (TPSA) is 24.5 Å². The maximum atomic E-state index is 5.79. The summed E-state index contributed by atoms with van der Waals surface area (Å²) in [5.74, 6) is 1.76. The Morgan fingerprint density at radius 2 is 2.00 bits per heavy atom. The molecule has 0 saturated carbocycles. The van der Waals surface area contributed by atoms with Crippen molar-refractivity contribution in [1.29, 1.82) is 0 Å². The van der Waals surface area contributed by atoms with Gasteiger partial charge in [-0.25, -0.2) is 0 Å². The first-order valence-corrected chi connectivity index (χ1v) is 8.08. The van der Waals surface area contributed by atoms with Crippen molar-refractivity contribution in [3.05, 3.63) is 29.8 Å². The zero-order chi connectivity index (χ0) is 13.4. The molecule has 108 valence electrons. The minimum atomic E-state index is 0.650. The van der Waals surface area contributed by atoms with Gasteiger partial charge in [0.1, 0.15) is 5.75 Å². The van der Waals surface area contributed by atoms with Gasteiger partial charge in [-0.1, -0.05) is 18.2 Å². The molecule has 3 atom stereocenters. The quantitative estimate of drug-likeness (QED) is 0.894. The molecule has 0 aromatic heterocycles. The van der Waals surface area contributed by atoms with Gasteiger partial charge in [-0.15, -0.1) is 0 Å². The minimum Gasteiger partial charge on any atom is -0.493 e. The van der Waals surface area contributed by atoms with E-state index in [-0.39, 0.29) is 0 Å². The van der Waals surface area contributed by atoms with Crippen LogP contribution in [-0.2, 0) is 0 Å². The highest BCUT2D eigenvalue weighted by Gasteiger charge is 2.31. The number of likely N-dealkylation sites (tertiary alicyclic amines) is 1. The molecule has 3 aliphatic rings. The number of ether oxygens (including phenoxy) is 1. The lowest BCUT2D eigenvalue weighted by Gasteiger charge is -2.32. The maximum absolute atomic E-state index is 5.79. The number of para-hydroxylation sites is 1. The van der Waals surface area contributed by atoms with Crippen LogP contribution < -0.4 is 10.1 Å².